The highest BCUT2D eigenvalue weighted by molar-refractivity contribution is 6.32. The van der Waals surface area contributed by atoms with Crippen molar-refractivity contribution in [3.63, 3.8) is 0 Å². The second-order valence-corrected chi connectivity index (χ2v) is 6.21. The van der Waals surface area contributed by atoms with E-state index in [0.717, 1.165) is 4.90 Å². The van der Waals surface area contributed by atoms with E-state index in [0.29, 0.717) is 23.7 Å². The molecule has 1 N–H and O–H groups in total. The molecule has 1 aliphatic rings. The molecule has 0 bridgehead atoms. The Morgan fingerprint density at radius 1 is 1.28 bits per heavy atom. The van der Waals surface area contributed by atoms with Gasteiger partial charge in [0, 0.05) is 23.7 Å². The van der Waals surface area contributed by atoms with Crippen LogP contribution in [0.3, 0.4) is 0 Å². The molecule has 4 amide bonds. The second kappa shape index (κ2) is 7.53. The van der Waals surface area contributed by atoms with Gasteiger partial charge in [0.05, 0.1) is 0 Å². The number of carbonyl (C=O) groups excluding carboxylic acids is 3. The number of benzene rings is 1. The Kier molecular flexibility index (Phi) is 5.64. The molecule has 0 radical (unpaired) electrons. The molecule has 1 aliphatic heterocycles. The van der Waals surface area contributed by atoms with Crippen LogP contribution in [-0.2, 0) is 15.1 Å². The first-order chi connectivity index (χ1) is 11.8. The lowest BCUT2D eigenvalue weighted by atomic mass is 9.92. The highest BCUT2D eigenvalue weighted by Gasteiger charge is 2.50. The van der Waals surface area contributed by atoms with Crippen molar-refractivity contribution < 1.29 is 14.4 Å². The third-order valence-corrected chi connectivity index (χ3v) is 4.36. The molecule has 1 fully saturated rings. The summed E-state index contributed by atoms with van der Waals surface area (Å²) in [4.78, 5) is 39.9. The number of imide groups is 1. The van der Waals surface area contributed by atoms with Crippen LogP contribution in [0.5, 0.6) is 0 Å². The van der Waals surface area contributed by atoms with E-state index < -0.39 is 17.5 Å². The number of nitrogens with one attached hydrogen (secondary N) is 1. The van der Waals surface area contributed by atoms with Crippen molar-refractivity contribution in [2.24, 2.45) is 0 Å². The van der Waals surface area contributed by atoms with Crippen molar-refractivity contribution in [3.8, 4) is 0 Å². The van der Waals surface area contributed by atoms with E-state index in [9.17, 15) is 14.4 Å². The van der Waals surface area contributed by atoms with Crippen molar-refractivity contribution in [2.45, 2.75) is 12.5 Å². The summed E-state index contributed by atoms with van der Waals surface area (Å²) in [5.41, 5.74) is -0.823. The molecule has 1 aromatic rings. The first-order valence-electron chi connectivity index (χ1n) is 7.73. The van der Waals surface area contributed by atoms with Gasteiger partial charge in [-0.2, -0.15) is 0 Å². The van der Waals surface area contributed by atoms with Crippen LogP contribution in [0, 0.1) is 0 Å². The third kappa shape index (κ3) is 3.58. The summed E-state index contributed by atoms with van der Waals surface area (Å²) in [6.07, 6.45) is 3.14. The molecular formula is C18H20ClN3O3. The van der Waals surface area contributed by atoms with Gasteiger partial charge in [0.15, 0.2) is 0 Å². The summed E-state index contributed by atoms with van der Waals surface area (Å²) in [5.74, 6) is -0.886. The van der Waals surface area contributed by atoms with Gasteiger partial charge in [-0.1, -0.05) is 42.0 Å². The van der Waals surface area contributed by atoms with Gasteiger partial charge in [-0.15, -0.1) is 13.2 Å². The van der Waals surface area contributed by atoms with Gasteiger partial charge < -0.3 is 10.2 Å². The zero-order chi connectivity index (χ0) is 18.6. The van der Waals surface area contributed by atoms with Crippen LogP contribution in [-0.4, -0.2) is 47.3 Å². The predicted molar refractivity (Wildman–Crippen MR) is 96.0 cm³/mol. The topological polar surface area (TPSA) is 69.7 Å². The average Bonchev–Trinajstić information content (AvgIpc) is 2.79. The van der Waals surface area contributed by atoms with Gasteiger partial charge >= 0.3 is 6.03 Å². The quantitative estimate of drug-likeness (QED) is 0.598. The molecule has 25 heavy (non-hydrogen) atoms. The van der Waals surface area contributed by atoms with Crippen molar-refractivity contribution in [1.29, 1.82) is 0 Å². The van der Waals surface area contributed by atoms with Crippen LogP contribution < -0.4 is 5.32 Å². The van der Waals surface area contributed by atoms with Crippen LogP contribution in [0.15, 0.2) is 49.6 Å². The van der Waals surface area contributed by atoms with E-state index in [1.807, 2.05) is 0 Å². The molecule has 7 heteroatoms. The van der Waals surface area contributed by atoms with Crippen molar-refractivity contribution in [3.05, 3.63) is 60.2 Å². The summed E-state index contributed by atoms with van der Waals surface area (Å²) in [6, 6.07) is 6.16. The number of amides is 4. The van der Waals surface area contributed by atoms with Gasteiger partial charge in [-0.05, 0) is 13.0 Å². The van der Waals surface area contributed by atoms with Crippen molar-refractivity contribution >= 4 is 29.4 Å². The zero-order valence-corrected chi connectivity index (χ0v) is 14.8. The highest BCUT2D eigenvalue weighted by atomic mass is 35.5. The lowest BCUT2D eigenvalue weighted by Crippen LogP contribution is -2.44. The Balaban J connectivity index is 2.24. The van der Waals surface area contributed by atoms with E-state index in [4.69, 9.17) is 11.6 Å². The fraction of sp³-hybridized carbons (Fsp3) is 0.278. The minimum absolute atomic E-state index is 0.302. The van der Waals surface area contributed by atoms with Crippen LogP contribution in [0.1, 0.15) is 12.5 Å². The molecule has 0 spiro atoms. The van der Waals surface area contributed by atoms with E-state index in [1.54, 1.807) is 43.3 Å². The smallest absolute Gasteiger partial charge is 0.325 e. The van der Waals surface area contributed by atoms with E-state index in [2.05, 4.69) is 18.5 Å². The molecule has 1 aromatic carbocycles. The maximum absolute atomic E-state index is 12.8. The normalized spacial score (nSPS) is 19.5. The van der Waals surface area contributed by atoms with Crippen LogP contribution in [0.4, 0.5) is 4.79 Å². The van der Waals surface area contributed by atoms with Gasteiger partial charge in [0.25, 0.3) is 5.91 Å². The summed E-state index contributed by atoms with van der Waals surface area (Å²) in [6.45, 7) is 9.02. The van der Waals surface area contributed by atoms with E-state index in [-0.39, 0.29) is 12.5 Å². The third-order valence-electron chi connectivity index (χ3n) is 4.03. The molecule has 1 atom stereocenters. The molecule has 6 nitrogen and oxygen atoms in total. The maximum atomic E-state index is 12.8. The molecule has 1 heterocycles. The molecular weight excluding hydrogens is 342 g/mol. The Morgan fingerprint density at radius 3 is 2.44 bits per heavy atom. The SMILES string of the molecule is C=CCN(CC=C)C(=O)CN1C(=O)NC(C)(c2ccccc2Cl)C1=O. The summed E-state index contributed by atoms with van der Waals surface area (Å²) in [5, 5.41) is 3.00. The fourth-order valence-corrected chi connectivity index (χ4v) is 3.04. The molecule has 0 saturated carbocycles. The monoisotopic (exact) mass is 361 g/mol. The van der Waals surface area contributed by atoms with Gasteiger partial charge in [0.2, 0.25) is 5.91 Å². The zero-order valence-electron chi connectivity index (χ0n) is 14.0. The van der Waals surface area contributed by atoms with Gasteiger partial charge in [-0.25, -0.2) is 4.79 Å². The van der Waals surface area contributed by atoms with Crippen molar-refractivity contribution in [2.75, 3.05) is 19.6 Å². The molecule has 1 unspecified atom stereocenters. The number of nitrogens with zero attached hydrogens (tertiary/aromatic N) is 2. The van der Waals surface area contributed by atoms with E-state index in [1.165, 1.54) is 4.90 Å². The van der Waals surface area contributed by atoms with Crippen LogP contribution in [0.2, 0.25) is 5.02 Å². The first kappa shape index (κ1) is 18.7. The summed E-state index contributed by atoms with van der Waals surface area (Å²) in [7, 11) is 0. The lowest BCUT2D eigenvalue weighted by molar-refractivity contribution is -0.138. The second-order valence-electron chi connectivity index (χ2n) is 5.80. The summed E-state index contributed by atoms with van der Waals surface area (Å²) >= 11 is 6.17. The number of rotatable bonds is 7. The largest absolute Gasteiger partial charge is 0.334 e. The molecule has 132 valence electrons. The predicted octanol–water partition coefficient (Wildman–Crippen LogP) is 2.31. The van der Waals surface area contributed by atoms with Gasteiger partial charge in [-0.3, -0.25) is 14.5 Å². The number of hydrogen-bond acceptors (Lipinski definition) is 3. The molecule has 0 aliphatic carbocycles. The molecule has 2 rings (SSSR count). The molecule has 0 aromatic heterocycles. The minimum atomic E-state index is -1.31. The van der Waals surface area contributed by atoms with Crippen molar-refractivity contribution in [1.82, 2.24) is 15.1 Å². The Labute approximate surface area is 151 Å². The molecule has 1 saturated heterocycles. The maximum Gasteiger partial charge on any atom is 0.325 e. The fourth-order valence-electron chi connectivity index (χ4n) is 2.71. The number of hydrogen-bond donors (Lipinski definition) is 1. The highest BCUT2D eigenvalue weighted by Crippen LogP contribution is 2.33. The first-order valence-corrected chi connectivity index (χ1v) is 8.11. The van der Waals surface area contributed by atoms with Crippen LogP contribution >= 0.6 is 11.6 Å². The number of carbonyl (C=O) groups is 3. The Bertz CT molecular complexity index is 724. The number of halogens is 1. The Hall–Kier alpha value is -2.60. The van der Waals surface area contributed by atoms with Crippen LogP contribution in [0.25, 0.3) is 0 Å². The minimum Gasteiger partial charge on any atom is -0.334 e. The average molecular weight is 362 g/mol. The van der Waals surface area contributed by atoms with Gasteiger partial charge in [0.1, 0.15) is 12.1 Å². The Morgan fingerprint density at radius 2 is 1.88 bits per heavy atom. The summed E-state index contributed by atoms with van der Waals surface area (Å²) < 4.78 is 0. The number of urea groups is 1. The standard InChI is InChI=1S/C18H20ClN3O3/c1-4-10-21(11-5-2)15(23)12-22-16(24)18(3,20-17(22)25)13-8-6-7-9-14(13)19/h4-9H,1-2,10-12H2,3H3,(H,20,25). The van der Waals surface area contributed by atoms with E-state index >= 15 is 0 Å². The lowest BCUT2D eigenvalue weighted by Gasteiger charge is -2.24.